The zero-order chi connectivity index (χ0) is 19.8. The number of aromatic nitrogens is 1. The van der Waals surface area contributed by atoms with Gasteiger partial charge < -0.3 is 9.47 Å². The number of amides is 1. The first kappa shape index (κ1) is 19.2. The molecule has 1 aromatic carbocycles. The highest BCUT2D eigenvalue weighted by molar-refractivity contribution is 5.82. The topological polar surface area (TPSA) is 159 Å². The molecule has 0 aliphatic carbocycles. The number of benzene rings is 1. The Kier molecular flexibility index (Phi) is 6.30. The Balaban J connectivity index is 2.09. The first-order valence-corrected chi connectivity index (χ1v) is 7.28. The highest BCUT2D eigenvalue weighted by atomic mass is 16.6. The van der Waals surface area contributed by atoms with Crippen LogP contribution in [0.1, 0.15) is 5.56 Å². The van der Waals surface area contributed by atoms with E-state index in [4.69, 9.17) is 9.47 Å². The number of rotatable bonds is 8. The Morgan fingerprint density at radius 3 is 2.56 bits per heavy atom. The molecule has 140 valence electrons. The van der Waals surface area contributed by atoms with Gasteiger partial charge in [-0.2, -0.15) is 5.10 Å². The van der Waals surface area contributed by atoms with Crippen molar-refractivity contribution in [1.82, 2.24) is 10.4 Å². The van der Waals surface area contributed by atoms with E-state index in [1.54, 1.807) is 24.5 Å². The predicted octanol–water partition coefficient (Wildman–Crippen LogP) is 1.44. The summed E-state index contributed by atoms with van der Waals surface area (Å²) in [4.78, 5) is 36.0. The smallest absolute Gasteiger partial charge is 0.321 e. The second kappa shape index (κ2) is 8.84. The van der Waals surface area contributed by atoms with Crippen molar-refractivity contribution in [1.29, 1.82) is 0 Å². The molecule has 1 heterocycles. The fourth-order valence-electron chi connectivity index (χ4n) is 1.91. The molecular weight excluding hydrogens is 362 g/mol. The van der Waals surface area contributed by atoms with Gasteiger partial charge in [0.1, 0.15) is 0 Å². The number of nitrogens with zero attached hydrogens (tertiary/aromatic N) is 4. The number of carbonyl (C=O) groups is 1. The summed E-state index contributed by atoms with van der Waals surface area (Å²) in [5.41, 5.74) is 1.63. The molecule has 27 heavy (non-hydrogen) atoms. The normalized spacial score (nSPS) is 10.4. The third-order valence-electron chi connectivity index (χ3n) is 3.10. The number of nitro benzene ring substituents is 2. The number of nitrogens with one attached hydrogen (secondary N) is 1. The Bertz CT molecular complexity index is 886. The summed E-state index contributed by atoms with van der Waals surface area (Å²) >= 11 is 0. The first-order chi connectivity index (χ1) is 12.9. The minimum Gasteiger partial charge on any atom is -0.492 e. The van der Waals surface area contributed by atoms with Crippen LogP contribution in [0.2, 0.25) is 0 Å². The zero-order valence-electron chi connectivity index (χ0n) is 13.9. The van der Waals surface area contributed by atoms with Gasteiger partial charge in [-0.1, -0.05) is 0 Å². The summed E-state index contributed by atoms with van der Waals surface area (Å²) in [6, 6.07) is 5.01. The van der Waals surface area contributed by atoms with Gasteiger partial charge in [0.25, 0.3) is 11.6 Å². The number of ether oxygens (including phenoxy) is 2. The van der Waals surface area contributed by atoms with Crippen molar-refractivity contribution in [2.45, 2.75) is 0 Å². The molecule has 0 aliphatic rings. The molecule has 0 atom stereocenters. The Hall–Kier alpha value is -4.09. The van der Waals surface area contributed by atoms with E-state index in [1.807, 2.05) is 0 Å². The Labute approximate surface area is 151 Å². The number of pyridine rings is 1. The largest absolute Gasteiger partial charge is 0.492 e. The third kappa shape index (κ3) is 5.19. The molecule has 0 saturated carbocycles. The van der Waals surface area contributed by atoms with Crippen LogP contribution in [0, 0.1) is 20.2 Å². The number of hydrogen-bond acceptors (Lipinski definition) is 9. The lowest BCUT2D eigenvalue weighted by Gasteiger charge is -2.10. The number of non-ortho nitro benzene ring substituents is 1. The van der Waals surface area contributed by atoms with Gasteiger partial charge in [-0.3, -0.25) is 30.0 Å². The Morgan fingerprint density at radius 1 is 1.26 bits per heavy atom. The highest BCUT2D eigenvalue weighted by Crippen LogP contribution is 2.40. The first-order valence-electron chi connectivity index (χ1n) is 7.28. The van der Waals surface area contributed by atoms with Crippen LogP contribution in [0.5, 0.6) is 11.5 Å². The molecule has 0 bridgehead atoms. The molecule has 12 nitrogen and oxygen atoms in total. The lowest BCUT2D eigenvalue weighted by Crippen LogP contribution is -2.25. The van der Waals surface area contributed by atoms with Crippen LogP contribution in [0.25, 0.3) is 0 Å². The van der Waals surface area contributed by atoms with Gasteiger partial charge in [0, 0.05) is 12.4 Å². The quantitative estimate of drug-likeness (QED) is 0.412. The maximum atomic E-state index is 11.8. The van der Waals surface area contributed by atoms with Gasteiger partial charge in [0.2, 0.25) is 5.75 Å². The van der Waals surface area contributed by atoms with E-state index < -0.39 is 39.5 Å². The number of methoxy groups -OCH3 is 1. The maximum Gasteiger partial charge on any atom is 0.321 e. The summed E-state index contributed by atoms with van der Waals surface area (Å²) in [6.45, 7) is -0.622. The van der Waals surface area contributed by atoms with Crippen molar-refractivity contribution >= 4 is 23.5 Å². The zero-order valence-corrected chi connectivity index (χ0v) is 13.9. The standard InChI is InChI=1S/C15H13N5O7/c1-26-13-7-11(19(22)23)6-12(20(24)25)15(13)27-9-14(21)18-17-8-10-2-4-16-5-3-10/h2-8H,9H2,1H3,(H,18,21)/b17-8+. The molecular formula is C15H13N5O7. The van der Waals surface area contributed by atoms with Crippen molar-refractivity contribution in [3.05, 3.63) is 62.5 Å². The van der Waals surface area contributed by atoms with Crippen LogP contribution < -0.4 is 14.9 Å². The fraction of sp³-hybridized carbons (Fsp3) is 0.133. The molecule has 0 aliphatic heterocycles. The number of hydrazone groups is 1. The molecule has 1 aromatic heterocycles. The molecule has 0 fully saturated rings. The fourth-order valence-corrected chi connectivity index (χ4v) is 1.91. The summed E-state index contributed by atoms with van der Waals surface area (Å²) in [6.07, 6.45) is 4.47. The van der Waals surface area contributed by atoms with Gasteiger partial charge in [-0.15, -0.1) is 0 Å². The molecule has 0 radical (unpaired) electrons. The van der Waals surface area contributed by atoms with Crippen molar-refractivity contribution in [2.75, 3.05) is 13.7 Å². The van der Waals surface area contributed by atoms with Crippen LogP contribution in [0.3, 0.4) is 0 Å². The van der Waals surface area contributed by atoms with Crippen molar-refractivity contribution < 1.29 is 24.1 Å². The van der Waals surface area contributed by atoms with Crippen LogP contribution >= 0.6 is 0 Å². The molecule has 0 spiro atoms. The minimum absolute atomic E-state index is 0.246. The van der Waals surface area contributed by atoms with E-state index in [0.29, 0.717) is 5.56 Å². The summed E-state index contributed by atoms with van der Waals surface area (Å²) < 4.78 is 10.0. The minimum atomic E-state index is -0.871. The van der Waals surface area contributed by atoms with Crippen molar-refractivity contribution in [3.63, 3.8) is 0 Å². The molecule has 1 N–H and O–H groups in total. The lowest BCUT2D eigenvalue weighted by molar-refractivity contribution is -0.394. The second-order valence-electron chi connectivity index (χ2n) is 4.87. The second-order valence-corrected chi connectivity index (χ2v) is 4.87. The summed E-state index contributed by atoms with van der Waals surface area (Å²) in [7, 11) is 1.16. The van der Waals surface area contributed by atoms with Gasteiger partial charge in [-0.25, -0.2) is 5.43 Å². The number of nitro groups is 2. The van der Waals surface area contributed by atoms with Crippen molar-refractivity contribution in [3.8, 4) is 11.5 Å². The average molecular weight is 375 g/mol. The van der Waals surface area contributed by atoms with Crippen LogP contribution in [-0.2, 0) is 4.79 Å². The van der Waals surface area contributed by atoms with E-state index in [2.05, 4.69) is 15.5 Å². The molecule has 2 aromatic rings. The number of hydrogen-bond donors (Lipinski definition) is 1. The molecule has 0 unspecified atom stereocenters. The van der Waals surface area contributed by atoms with Crippen LogP contribution in [0.15, 0.2) is 41.8 Å². The predicted molar refractivity (Wildman–Crippen MR) is 91.8 cm³/mol. The Morgan fingerprint density at radius 2 is 1.96 bits per heavy atom. The van der Waals surface area contributed by atoms with Crippen LogP contribution in [0.4, 0.5) is 11.4 Å². The van der Waals surface area contributed by atoms with E-state index >= 15 is 0 Å². The van der Waals surface area contributed by atoms with Gasteiger partial charge in [0.15, 0.2) is 12.4 Å². The molecule has 0 saturated heterocycles. The molecule has 1 amide bonds. The molecule has 2 rings (SSSR count). The molecule has 12 heteroatoms. The third-order valence-corrected chi connectivity index (χ3v) is 3.10. The van der Waals surface area contributed by atoms with Crippen LogP contribution in [-0.4, -0.2) is 40.7 Å². The van der Waals surface area contributed by atoms with E-state index in [0.717, 1.165) is 19.2 Å². The average Bonchev–Trinajstić information content (AvgIpc) is 2.66. The van der Waals surface area contributed by atoms with Gasteiger partial charge >= 0.3 is 5.69 Å². The van der Waals surface area contributed by atoms with E-state index in [1.165, 1.54) is 6.21 Å². The van der Waals surface area contributed by atoms with Gasteiger partial charge in [0.05, 0.1) is 35.3 Å². The highest BCUT2D eigenvalue weighted by Gasteiger charge is 2.27. The summed E-state index contributed by atoms with van der Waals surface area (Å²) in [5, 5.41) is 25.7. The van der Waals surface area contributed by atoms with Gasteiger partial charge in [-0.05, 0) is 17.7 Å². The SMILES string of the molecule is COc1cc([N+](=O)[O-])cc([N+](=O)[O-])c1OCC(=O)N/N=C/c1ccncc1. The van der Waals surface area contributed by atoms with E-state index in [-0.39, 0.29) is 5.75 Å². The van der Waals surface area contributed by atoms with E-state index in [9.17, 15) is 25.0 Å². The lowest BCUT2D eigenvalue weighted by atomic mass is 10.2. The number of carbonyl (C=O) groups excluding carboxylic acids is 1. The summed E-state index contributed by atoms with van der Waals surface area (Å²) in [5.74, 6) is -1.35. The van der Waals surface area contributed by atoms with Crippen molar-refractivity contribution in [2.24, 2.45) is 5.10 Å². The maximum absolute atomic E-state index is 11.8. The monoisotopic (exact) mass is 375 g/mol.